The number of aromatic nitrogens is 4. The van der Waals surface area contributed by atoms with Crippen LogP contribution in [0, 0.1) is 18.3 Å². The topological polar surface area (TPSA) is 75.3 Å². The van der Waals surface area contributed by atoms with Gasteiger partial charge in [-0.05, 0) is 47.0 Å². The van der Waals surface area contributed by atoms with Crippen LogP contribution in [0.15, 0.2) is 8.42 Å². The van der Waals surface area contributed by atoms with E-state index in [0.717, 1.165) is 60.4 Å². The SMILES string of the molecule is CCS(CC)(CC)c1sc2c(c1C)c1nsnc1c1c3sc(S(CC)(CC)CC)c(C#N)c3c3nsnc3c21. The van der Waals surface area contributed by atoms with E-state index < -0.39 is 20.1 Å². The third-order valence-corrected chi connectivity index (χ3v) is 23.3. The zero-order valence-electron chi connectivity index (χ0n) is 23.4. The molecule has 2 aromatic carbocycles. The van der Waals surface area contributed by atoms with E-state index in [1.807, 2.05) is 22.7 Å². The minimum Gasteiger partial charge on any atom is -0.206 e. The first-order valence-corrected chi connectivity index (χ1v) is 20.9. The lowest BCUT2D eigenvalue weighted by Gasteiger charge is -2.37. The molecule has 4 aromatic heterocycles. The monoisotopic (exact) mass is 631 g/mol. The third-order valence-electron chi connectivity index (χ3n) is 8.82. The van der Waals surface area contributed by atoms with E-state index in [2.05, 4.69) is 54.5 Å². The first-order chi connectivity index (χ1) is 18.9. The van der Waals surface area contributed by atoms with Gasteiger partial charge in [-0.25, -0.2) is 20.1 Å². The van der Waals surface area contributed by atoms with Crippen LogP contribution >= 0.6 is 66.2 Å². The van der Waals surface area contributed by atoms with E-state index in [0.29, 0.717) is 0 Å². The number of thiophene rings is 2. The molecule has 206 valence electrons. The number of aryl methyl sites for hydroxylation is 1. The Bertz CT molecular complexity index is 1910. The Morgan fingerprint density at radius 1 is 0.590 bits per heavy atom. The molecule has 5 nitrogen and oxygen atoms in total. The molecule has 0 N–H and O–H groups in total. The van der Waals surface area contributed by atoms with Gasteiger partial charge in [0.1, 0.15) is 28.1 Å². The molecule has 4 heterocycles. The highest BCUT2D eigenvalue weighted by atomic mass is 32.3. The summed E-state index contributed by atoms with van der Waals surface area (Å²) in [6.07, 6.45) is 0. The highest BCUT2D eigenvalue weighted by Gasteiger charge is 2.33. The van der Waals surface area contributed by atoms with Crippen molar-refractivity contribution in [1.29, 1.82) is 5.26 Å². The Balaban J connectivity index is 1.91. The van der Waals surface area contributed by atoms with E-state index in [-0.39, 0.29) is 0 Å². The van der Waals surface area contributed by atoms with Crippen LogP contribution in [0.3, 0.4) is 0 Å². The van der Waals surface area contributed by atoms with Gasteiger partial charge >= 0.3 is 0 Å². The van der Waals surface area contributed by atoms with Gasteiger partial charge in [-0.3, -0.25) is 0 Å². The molecule has 0 aliphatic carbocycles. The summed E-state index contributed by atoms with van der Waals surface area (Å²) < 4.78 is 24.9. The highest BCUT2D eigenvalue weighted by Crippen LogP contribution is 2.64. The van der Waals surface area contributed by atoms with Gasteiger partial charge in [-0.2, -0.15) is 22.8 Å². The summed E-state index contributed by atoms with van der Waals surface area (Å²) in [6, 6.07) is 2.65. The lowest BCUT2D eigenvalue weighted by Crippen LogP contribution is -2.09. The predicted octanol–water partition coefficient (Wildman–Crippen LogP) is 9.91. The van der Waals surface area contributed by atoms with Gasteiger partial charge in [-0.1, -0.05) is 41.5 Å². The van der Waals surface area contributed by atoms with E-state index in [9.17, 15) is 5.26 Å². The zero-order chi connectivity index (χ0) is 27.7. The fourth-order valence-corrected chi connectivity index (χ4v) is 18.9. The van der Waals surface area contributed by atoms with E-state index in [1.165, 1.54) is 66.0 Å². The summed E-state index contributed by atoms with van der Waals surface area (Å²) in [5.74, 6) is 6.82. The maximum absolute atomic E-state index is 10.6. The standard InChI is InChI=1S/C28H33N5S6/c1-8-38(9-2,10-3)27-15(7)17-21-23(32-36-30-21)20-19(25(17)34-27)24-22(31-37-33-24)18-16(14-29)28(35-26(18)20)39(11-4,12-5)13-6/h8-13H2,1-7H3. The van der Waals surface area contributed by atoms with Crippen LogP contribution in [-0.2, 0) is 0 Å². The number of nitriles is 1. The largest absolute Gasteiger partial charge is 0.206 e. The molecule has 11 heteroatoms. The van der Waals surface area contributed by atoms with E-state index in [1.54, 1.807) is 4.21 Å². The van der Waals surface area contributed by atoms with Crippen molar-refractivity contribution in [2.45, 2.75) is 56.9 Å². The quantitative estimate of drug-likeness (QED) is 0.167. The van der Waals surface area contributed by atoms with Gasteiger partial charge < -0.3 is 0 Å². The molecule has 6 aromatic rings. The maximum atomic E-state index is 10.6. The average Bonchev–Trinajstić information content (AvgIpc) is 3.76. The molecule has 0 atom stereocenters. The molecule has 0 bridgehead atoms. The molecule has 0 amide bonds. The van der Waals surface area contributed by atoms with Gasteiger partial charge in [0.25, 0.3) is 0 Å². The molecule has 0 saturated heterocycles. The number of hydrogen-bond acceptors (Lipinski definition) is 9. The van der Waals surface area contributed by atoms with Crippen molar-refractivity contribution in [2.75, 3.05) is 34.5 Å². The first kappa shape index (κ1) is 27.6. The van der Waals surface area contributed by atoms with Crippen molar-refractivity contribution in [3.05, 3.63) is 11.1 Å². The smallest absolute Gasteiger partial charge is 0.115 e. The maximum Gasteiger partial charge on any atom is 0.115 e. The molecule has 6 rings (SSSR count). The summed E-state index contributed by atoms with van der Waals surface area (Å²) in [5.41, 5.74) is 5.98. The van der Waals surface area contributed by atoms with Crippen molar-refractivity contribution in [3.63, 3.8) is 0 Å². The predicted molar refractivity (Wildman–Crippen MR) is 181 cm³/mol. The van der Waals surface area contributed by atoms with Crippen molar-refractivity contribution in [1.82, 2.24) is 17.5 Å². The first-order valence-electron chi connectivity index (χ1n) is 13.5. The van der Waals surface area contributed by atoms with Crippen molar-refractivity contribution < 1.29 is 0 Å². The van der Waals surface area contributed by atoms with Crippen LogP contribution in [0.2, 0.25) is 0 Å². The van der Waals surface area contributed by atoms with Gasteiger partial charge in [0, 0.05) is 35.2 Å². The lowest BCUT2D eigenvalue weighted by atomic mass is 10.00. The second-order valence-corrected chi connectivity index (χ2v) is 21.9. The van der Waals surface area contributed by atoms with Crippen molar-refractivity contribution in [2.24, 2.45) is 0 Å². The average molecular weight is 632 g/mol. The second kappa shape index (κ2) is 10.1. The zero-order valence-corrected chi connectivity index (χ0v) is 28.3. The molecule has 0 fully saturated rings. The molecule has 0 saturated carbocycles. The van der Waals surface area contributed by atoms with E-state index in [4.69, 9.17) is 17.5 Å². The molecule has 0 aliphatic rings. The molecule has 0 radical (unpaired) electrons. The number of fused-ring (bicyclic) bond motifs is 11. The van der Waals surface area contributed by atoms with Crippen LogP contribution in [-0.4, -0.2) is 52.0 Å². The number of hydrogen-bond donors (Lipinski definition) is 0. The summed E-state index contributed by atoms with van der Waals surface area (Å²) in [7, 11) is -2.02. The van der Waals surface area contributed by atoms with Crippen molar-refractivity contribution in [3.8, 4) is 6.07 Å². The van der Waals surface area contributed by atoms with Crippen LogP contribution in [0.25, 0.3) is 53.0 Å². The number of benzene rings is 2. The fourth-order valence-electron chi connectivity index (χ4n) is 6.31. The lowest BCUT2D eigenvalue weighted by molar-refractivity contribution is 1.30. The summed E-state index contributed by atoms with van der Waals surface area (Å²) >= 11 is 6.36. The molecular formula is C28H33N5S6. The summed E-state index contributed by atoms with van der Waals surface area (Å²) in [6.45, 7) is 16.2. The van der Waals surface area contributed by atoms with Crippen LogP contribution in [0.1, 0.15) is 52.7 Å². The fraction of sp³-hybridized carbons (Fsp3) is 0.464. The number of rotatable bonds is 8. The number of nitrogens with zero attached hydrogens (tertiary/aromatic N) is 5. The summed E-state index contributed by atoms with van der Waals surface area (Å²) in [4.78, 5) is 0. The van der Waals surface area contributed by atoms with Crippen LogP contribution in [0.5, 0.6) is 0 Å². The Hall–Kier alpha value is -1.55. The second-order valence-electron chi connectivity index (χ2n) is 9.79. The third kappa shape index (κ3) is 3.55. The minimum absolute atomic E-state index is 0.820. The molecule has 0 aliphatic heterocycles. The highest BCUT2D eigenvalue weighted by molar-refractivity contribution is 8.35. The van der Waals surface area contributed by atoms with Gasteiger partial charge in [-0.15, -0.1) is 22.7 Å². The Labute approximate surface area is 248 Å². The summed E-state index contributed by atoms with van der Waals surface area (Å²) in [5, 5.41) is 15.1. The Morgan fingerprint density at radius 2 is 0.974 bits per heavy atom. The Kier molecular flexibility index (Phi) is 7.13. The van der Waals surface area contributed by atoms with Crippen LogP contribution in [0.4, 0.5) is 0 Å². The molecule has 0 spiro atoms. The van der Waals surface area contributed by atoms with Crippen molar-refractivity contribution >= 4 is 119 Å². The Morgan fingerprint density at radius 3 is 1.44 bits per heavy atom. The molecular weight excluding hydrogens is 599 g/mol. The van der Waals surface area contributed by atoms with Gasteiger partial charge in [0.2, 0.25) is 0 Å². The van der Waals surface area contributed by atoms with E-state index >= 15 is 0 Å². The van der Waals surface area contributed by atoms with Gasteiger partial charge in [0.15, 0.2) is 0 Å². The normalized spacial score (nSPS) is 13.9. The molecule has 39 heavy (non-hydrogen) atoms. The van der Waals surface area contributed by atoms with Crippen LogP contribution < -0.4 is 0 Å². The molecule has 0 unspecified atom stereocenters. The minimum atomic E-state index is -1.10. The van der Waals surface area contributed by atoms with Gasteiger partial charge in [0.05, 0.1) is 33.2 Å².